The van der Waals surface area contributed by atoms with Crippen LogP contribution in [0.1, 0.15) is 46.8 Å². The average Bonchev–Trinajstić information content (AvgIpc) is 3.25. The van der Waals surface area contributed by atoms with E-state index in [-0.39, 0.29) is 11.9 Å². The Balaban J connectivity index is 1.33. The Bertz CT molecular complexity index is 856. The Morgan fingerprint density at radius 3 is 2.93 bits per heavy atom. The summed E-state index contributed by atoms with van der Waals surface area (Å²) >= 11 is 0. The van der Waals surface area contributed by atoms with Crippen molar-refractivity contribution in [2.75, 3.05) is 24.5 Å². The Labute approximate surface area is 158 Å². The van der Waals surface area contributed by atoms with E-state index in [2.05, 4.69) is 26.5 Å². The molecule has 27 heavy (non-hydrogen) atoms. The van der Waals surface area contributed by atoms with E-state index in [4.69, 9.17) is 0 Å². The number of benzene rings is 1. The lowest BCUT2D eigenvalue weighted by atomic mass is 10.1. The summed E-state index contributed by atoms with van der Waals surface area (Å²) in [5.41, 5.74) is 3.67. The van der Waals surface area contributed by atoms with E-state index in [1.807, 2.05) is 19.2 Å². The zero-order valence-corrected chi connectivity index (χ0v) is 15.6. The van der Waals surface area contributed by atoms with Crippen LogP contribution in [-0.4, -0.2) is 41.4 Å². The number of rotatable bonds is 7. The highest BCUT2D eigenvalue weighted by Crippen LogP contribution is 2.39. The van der Waals surface area contributed by atoms with Gasteiger partial charge in [-0.15, -0.1) is 0 Å². The van der Waals surface area contributed by atoms with E-state index in [0.29, 0.717) is 31.1 Å². The molecule has 0 unspecified atom stereocenters. The van der Waals surface area contributed by atoms with Gasteiger partial charge in [0, 0.05) is 55.2 Å². The number of hydrogen-bond acceptors (Lipinski definition) is 3. The molecule has 7 nitrogen and oxygen atoms in total. The second-order valence-corrected chi connectivity index (χ2v) is 7.25. The summed E-state index contributed by atoms with van der Waals surface area (Å²) < 4.78 is 2.06. The molecule has 1 aromatic carbocycles. The maximum atomic E-state index is 12.5. The fraction of sp³-hybridized carbons (Fsp3) is 0.450. The van der Waals surface area contributed by atoms with Crippen molar-refractivity contribution in [3.8, 4) is 0 Å². The molecule has 3 amide bonds. The minimum atomic E-state index is -0.112. The van der Waals surface area contributed by atoms with Crippen molar-refractivity contribution in [1.82, 2.24) is 20.4 Å². The molecule has 2 fully saturated rings. The molecule has 0 spiro atoms. The van der Waals surface area contributed by atoms with E-state index >= 15 is 0 Å². The molecular weight excluding hydrogens is 342 g/mol. The molecule has 0 bridgehead atoms. The van der Waals surface area contributed by atoms with Crippen molar-refractivity contribution < 1.29 is 9.59 Å². The van der Waals surface area contributed by atoms with Gasteiger partial charge in [0.25, 0.3) is 5.91 Å². The molecule has 0 atom stereocenters. The third-order valence-corrected chi connectivity index (χ3v) is 5.20. The average molecular weight is 367 g/mol. The molecule has 1 saturated heterocycles. The largest absolute Gasteiger partial charge is 0.352 e. The van der Waals surface area contributed by atoms with Crippen molar-refractivity contribution in [2.24, 2.45) is 0 Å². The topological polar surface area (TPSA) is 79.3 Å². The molecule has 2 N–H and O–H groups in total. The number of aryl methyl sites for hydroxylation is 2. The van der Waals surface area contributed by atoms with Gasteiger partial charge in [-0.1, -0.05) is 6.07 Å². The van der Waals surface area contributed by atoms with Gasteiger partial charge in [0.1, 0.15) is 0 Å². The summed E-state index contributed by atoms with van der Waals surface area (Å²) in [6, 6.07) is 7.48. The summed E-state index contributed by atoms with van der Waals surface area (Å²) in [5, 5.41) is 10.2. The third kappa shape index (κ3) is 3.82. The first-order chi connectivity index (χ1) is 13.1. The lowest BCUT2D eigenvalue weighted by Gasteiger charge is -2.18. The van der Waals surface area contributed by atoms with Gasteiger partial charge in [-0.05, 0) is 49.9 Å². The van der Waals surface area contributed by atoms with E-state index in [9.17, 15) is 9.59 Å². The van der Waals surface area contributed by atoms with E-state index in [1.54, 1.807) is 17.0 Å². The van der Waals surface area contributed by atoms with Crippen LogP contribution in [0.4, 0.5) is 10.5 Å². The van der Waals surface area contributed by atoms with Crippen molar-refractivity contribution in [3.63, 3.8) is 0 Å². The second-order valence-electron chi connectivity index (χ2n) is 7.25. The summed E-state index contributed by atoms with van der Waals surface area (Å²) in [6.45, 7) is 4.61. The molecule has 1 saturated carbocycles. The van der Waals surface area contributed by atoms with Crippen molar-refractivity contribution in [2.45, 2.75) is 38.6 Å². The summed E-state index contributed by atoms with van der Waals surface area (Å²) in [5.74, 6) is 0.564. The SMILES string of the molecule is Cc1ccc(C(=O)NCCCn2nccc2C2CC2)cc1N1CCNC1=O. The van der Waals surface area contributed by atoms with E-state index in [0.717, 1.165) is 24.2 Å². The lowest BCUT2D eigenvalue weighted by Crippen LogP contribution is -2.29. The number of urea groups is 1. The normalized spacial score (nSPS) is 16.5. The molecule has 1 aliphatic heterocycles. The van der Waals surface area contributed by atoms with Crippen LogP contribution in [0.25, 0.3) is 0 Å². The number of carbonyl (C=O) groups excluding carboxylic acids is 2. The molecule has 0 radical (unpaired) electrons. The molecule has 1 aliphatic carbocycles. The molecular formula is C20H25N5O2. The number of nitrogens with zero attached hydrogens (tertiary/aromatic N) is 3. The van der Waals surface area contributed by atoms with Gasteiger partial charge in [0.2, 0.25) is 0 Å². The highest BCUT2D eigenvalue weighted by molar-refractivity contribution is 5.99. The summed E-state index contributed by atoms with van der Waals surface area (Å²) in [6.07, 6.45) is 5.20. The molecule has 2 heterocycles. The van der Waals surface area contributed by atoms with Gasteiger partial charge in [0.15, 0.2) is 0 Å². The zero-order chi connectivity index (χ0) is 18.8. The first-order valence-corrected chi connectivity index (χ1v) is 9.59. The van der Waals surface area contributed by atoms with E-state index < -0.39 is 0 Å². The van der Waals surface area contributed by atoms with Crippen LogP contribution in [0.5, 0.6) is 0 Å². The first-order valence-electron chi connectivity index (χ1n) is 9.59. The van der Waals surface area contributed by atoms with Crippen molar-refractivity contribution >= 4 is 17.6 Å². The number of hydrogen-bond donors (Lipinski definition) is 2. The Kier molecular flexibility index (Phi) is 4.83. The van der Waals surface area contributed by atoms with Crippen molar-refractivity contribution in [3.05, 3.63) is 47.3 Å². The maximum absolute atomic E-state index is 12.5. The van der Waals surface area contributed by atoms with Crippen LogP contribution < -0.4 is 15.5 Å². The quantitative estimate of drug-likeness (QED) is 0.738. The van der Waals surface area contributed by atoms with Crippen LogP contribution in [0.2, 0.25) is 0 Å². The smallest absolute Gasteiger partial charge is 0.322 e. The fourth-order valence-electron chi connectivity index (χ4n) is 3.53. The molecule has 2 aliphatic rings. The molecule has 7 heteroatoms. The number of amides is 3. The van der Waals surface area contributed by atoms with Gasteiger partial charge < -0.3 is 10.6 Å². The maximum Gasteiger partial charge on any atom is 0.322 e. The lowest BCUT2D eigenvalue weighted by molar-refractivity contribution is 0.0952. The second kappa shape index (κ2) is 7.42. The van der Waals surface area contributed by atoms with Crippen LogP contribution in [-0.2, 0) is 6.54 Å². The van der Waals surface area contributed by atoms with E-state index in [1.165, 1.54) is 18.5 Å². The zero-order valence-electron chi connectivity index (χ0n) is 15.6. The monoisotopic (exact) mass is 367 g/mol. The van der Waals surface area contributed by atoms with Crippen LogP contribution >= 0.6 is 0 Å². The third-order valence-electron chi connectivity index (χ3n) is 5.20. The molecule has 1 aromatic heterocycles. The minimum Gasteiger partial charge on any atom is -0.352 e. The van der Waals surface area contributed by atoms with Gasteiger partial charge >= 0.3 is 6.03 Å². The van der Waals surface area contributed by atoms with Gasteiger partial charge in [-0.2, -0.15) is 5.10 Å². The fourth-order valence-corrected chi connectivity index (χ4v) is 3.53. The summed E-state index contributed by atoms with van der Waals surface area (Å²) in [4.78, 5) is 26.1. The first kappa shape index (κ1) is 17.6. The molecule has 4 rings (SSSR count). The van der Waals surface area contributed by atoms with Gasteiger partial charge in [-0.3, -0.25) is 14.4 Å². The standard InChI is InChI=1S/C20H25N5O2/c1-14-3-4-16(13-18(14)24-12-10-22-20(24)27)19(26)21-8-2-11-25-17(7-9-23-25)15-5-6-15/h3-4,7,9,13,15H,2,5-6,8,10-12H2,1H3,(H,21,26)(H,22,27). The molecule has 142 valence electrons. The molecule has 2 aromatic rings. The Hall–Kier alpha value is -2.83. The van der Waals surface area contributed by atoms with Crippen molar-refractivity contribution in [1.29, 1.82) is 0 Å². The minimum absolute atomic E-state index is 0.110. The predicted octanol–water partition coefficient (Wildman–Crippen LogP) is 2.42. The predicted molar refractivity (Wildman–Crippen MR) is 103 cm³/mol. The number of nitrogens with one attached hydrogen (secondary N) is 2. The summed E-state index contributed by atoms with van der Waals surface area (Å²) in [7, 11) is 0. The number of anilines is 1. The van der Waals surface area contributed by atoms with Crippen LogP contribution in [0.3, 0.4) is 0 Å². The Morgan fingerprint density at radius 2 is 2.19 bits per heavy atom. The number of carbonyl (C=O) groups is 2. The highest BCUT2D eigenvalue weighted by atomic mass is 16.2. The van der Waals surface area contributed by atoms with Gasteiger partial charge in [-0.25, -0.2) is 4.79 Å². The van der Waals surface area contributed by atoms with Crippen LogP contribution in [0, 0.1) is 6.92 Å². The highest BCUT2D eigenvalue weighted by Gasteiger charge is 2.26. The Morgan fingerprint density at radius 1 is 1.33 bits per heavy atom. The van der Waals surface area contributed by atoms with Gasteiger partial charge in [0.05, 0.1) is 0 Å². The number of aromatic nitrogens is 2. The van der Waals surface area contributed by atoms with Crippen LogP contribution in [0.15, 0.2) is 30.5 Å².